The van der Waals surface area contributed by atoms with Gasteiger partial charge in [-0.1, -0.05) is 25.6 Å². The molecule has 0 unspecified atom stereocenters. The Balaban J connectivity index is 3.89. The number of amidine groups is 1. The first-order valence-corrected chi connectivity index (χ1v) is 9.22. The van der Waals surface area contributed by atoms with Gasteiger partial charge in [-0.15, -0.1) is 0 Å². The van der Waals surface area contributed by atoms with E-state index in [9.17, 15) is 0 Å². The van der Waals surface area contributed by atoms with Gasteiger partial charge in [0.1, 0.15) is 0 Å². The van der Waals surface area contributed by atoms with Crippen LogP contribution in [0.15, 0.2) is 0 Å². The van der Waals surface area contributed by atoms with Crippen LogP contribution in [0.4, 0.5) is 0 Å². The van der Waals surface area contributed by atoms with Crippen molar-refractivity contribution in [1.29, 1.82) is 5.41 Å². The highest BCUT2D eigenvalue weighted by Crippen LogP contribution is 2.24. The number of hydrogen-bond acceptors (Lipinski definition) is 3. The quantitative estimate of drug-likeness (QED) is 0.300. The molecule has 0 aliphatic heterocycles. The van der Waals surface area contributed by atoms with E-state index in [0.29, 0.717) is 0 Å². The Kier molecular flexibility index (Phi) is 8.18. The minimum Gasteiger partial charge on any atom is -0.417 e. The molecule has 0 aromatic rings. The summed E-state index contributed by atoms with van der Waals surface area (Å²) in [6.07, 6.45) is 1.12. The zero-order chi connectivity index (χ0) is 11.7. The molecule has 3 nitrogen and oxygen atoms in total. The van der Waals surface area contributed by atoms with Gasteiger partial charge in [0.05, 0.1) is 0 Å². The second kappa shape index (κ2) is 8.18. The predicted octanol–water partition coefficient (Wildman–Crippen LogP) is 3.02. The van der Waals surface area contributed by atoms with Crippen LogP contribution in [0.3, 0.4) is 0 Å². The molecule has 0 aliphatic carbocycles. The maximum absolute atomic E-state index is 7.12. The van der Waals surface area contributed by atoms with Crippen LogP contribution in [0.25, 0.3) is 0 Å². The van der Waals surface area contributed by atoms with Crippen molar-refractivity contribution in [3.05, 3.63) is 0 Å². The Morgan fingerprint density at radius 3 is 2.33 bits per heavy atom. The molecule has 0 rings (SSSR count). The molecule has 15 heavy (non-hydrogen) atoms. The van der Waals surface area contributed by atoms with Crippen molar-refractivity contribution in [3.63, 3.8) is 0 Å². The molecule has 0 spiro atoms. The van der Waals surface area contributed by atoms with Crippen molar-refractivity contribution in [3.8, 4) is 0 Å². The summed E-state index contributed by atoms with van der Waals surface area (Å²) < 4.78 is 5.98. The lowest BCUT2D eigenvalue weighted by Crippen LogP contribution is -2.36. The normalized spacial score (nSPS) is 11.7. The Bertz CT molecular complexity index is 186. The van der Waals surface area contributed by atoms with Crippen molar-refractivity contribution in [2.24, 2.45) is 5.73 Å². The first-order valence-electron chi connectivity index (χ1n) is 5.71. The van der Waals surface area contributed by atoms with Crippen LogP contribution in [0.1, 0.15) is 27.2 Å². The zero-order valence-electron chi connectivity index (χ0n) is 10.1. The van der Waals surface area contributed by atoms with Gasteiger partial charge in [-0.25, -0.2) is 0 Å². The Morgan fingerprint density at radius 2 is 1.93 bits per heavy atom. The second-order valence-corrected chi connectivity index (χ2v) is 9.35. The summed E-state index contributed by atoms with van der Waals surface area (Å²) in [7, 11) is -1.44. The molecule has 0 amide bonds. The topological polar surface area (TPSA) is 59.1 Å². The lowest BCUT2D eigenvalue weighted by molar-refractivity contribution is 0.319. The summed E-state index contributed by atoms with van der Waals surface area (Å²) in [5, 5.41) is 7.35. The van der Waals surface area contributed by atoms with E-state index >= 15 is 0 Å². The van der Waals surface area contributed by atoms with Gasteiger partial charge in [0.25, 0.3) is 0 Å². The SMILES string of the molecule is CCO[Si](CC)(CC)CCCSC(=N)N. The lowest BCUT2D eigenvalue weighted by atomic mass is 10.6. The minimum absolute atomic E-state index is 0.228. The fraction of sp³-hybridized carbons (Fsp3) is 0.900. The van der Waals surface area contributed by atoms with Crippen molar-refractivity contribution >= 4 is 25.2 Å². The molecular weight excluding hydrogens is 224 g/mol. The highest BCUT2D eigenvalue weighted by atomic mass is 32.2. The van der Waals surface area contributed by atoms with E-state index in [-0.39, 0.29) is 5.17 Å². The Hall–Kier alpha value is -0.00312. The summed E-state index contributed by atoms with van der Waals surface area (Å²) in [4.78, 5) is 0. The van der Waals surface area contributed by atoms with E-state index in [0.717, 1.165) is 18.8 Å². The molecule has 5 heteroatoms. The van der Waals surface area contributed by atoms with Crippen molar-refractivity contribution in [1.82, 2.24) is 0 Å². The van der Waals surface area contributed by atoms with Gasteiger partial charge in [0.15, 0.2) is 13.5 Å². The van der Waals surface area contributed by atoms with Gasteiger partial charge in [-0.3, -0.25) is 5.41 Å². The van der Waals surface area contributed by atoms with E-state index in [1.807, 2.05) is 0 Å². The molecule has 3 N–H and O–H groups in total. The standard InChI is InChI=1S/C10H24N2OSSi/c1-4-13-15(5-2,6-3)9-7-8-14-10(11)12/h4-9H2,1-3H3,(H3,11,12). The van der Waals surface area contributed by atoms with Gasteiger partial charge in [0, 0.05) is 12.4 Å². The summed E-state index contributed by atoms with van der Waals surface area (Å²) in [5.74, 6) is 0.956. The monoisotopic (exact) mass is 248 g/mol. The van der Waals surface area contributed by atoms with Gasteiger partial charge in [-0.2, -0.15) is 0 Å². The molecule has 0 fully saturated rings. The summed E-state index contributed by atoms with van der Waals surface area (Å²) in [5.41, 5.74) is 5.29. The van der Waals surface area contributed by atoms with E-state index < -0.39 is 8.32 Å². The van der Waals surface area contributed by atoms with Crippen LogP contribution in [-0.4, -0.2) is 25.8 Å². The Labute approximate surface area is 98.8 Å². The highest BCUT2D eigenvalue weighted by Gasteiger charge is 2.29. The molecule has 0 atom stereocenters. The van der Waals surface area contributed by atoms with Crippen molar-refractivity contribution in [2.45, 2.75) is 45.3 Å². The fourth-order valence-electron chi connectivity index (χ4n) is 1.76. The second-order valence-electron chi connectivity index (χ2n) is 3.64. The fourth-order valence-corrected chi connectivity index (χ4v) is 5.72. The zero-order valence-corrected chi connectivity index (χ0v) is 12.0. The van der Waals surface area contributed by atoms with Crippen LogP contribution in [-0.2, 0) is 4.43 Å². The molecule has 0 aliphatic rings. The molecule has 0 bridgehead atoms. The maximum Gasteiger partial charge on any atom is 0.192 e. The first kappa shape index (κ1) is 15.0. The van der Waals surface area contributed by atoms with E-state index in [1.165, 1.54) is 29.9 Å². The average molecular weight is 248 g/mol. The highest BCUT2D eigenvalue weighted by molar-refractivity contribution is 8.13. The van der Waals surface area contributed by atoms with Gasteiger partial charge in [-0.05, 0) is 31.5 Å². The molecule has 0 heterocycles. The largest absolute Gasteiger partial charge is 0.417 e. The number of nitrogens with two attached hydrogens (primary N) is 1. The van der Waals surface area contributed by atoms with Gasteiger partial charge in [0.2, 0.25) is 0 Å². The van der Waals surface area contributed by atoms with Crippen molar-refractivity contribution < 1.29 is 4.43 Å². The number of hydrogen-bond donors (Lipinski definition) is 2. The third kappa shape index (κ3) is 6.22. The van der Waals surface area contributed by atoms with E-state index in [4.69, 9.17) is 15.6 Å². The molecular formula is C10H24N2OSSi. The van der Waals surface area contributed by atoms with Gasteiger partial charge < -0.3 is 10.2 Å². The predicted molar refractivity (Wildman–Crippen MR) is 72.1 cm³/mol. The third-order valence-electron chi connectivity index (χ3n) is 2.77. The molecule has 90 valence electrons. The molecule has 0 saturated carbocycles. The molecule has 0 aromatic carbocycles. The van der Waals surface area contributed by atoms with E-state index in [2.05, 4.69) is 20.8 Å². The third-order valence-corrected chi connectivity index (χ3v) is 8.32. The van der Waals surface area contributed by atoms with Crippen LogP contribution < -0.4 is 5.73 Å². The molecule has 0 saturated heterocycles. The molecule has 0 radical (unpaired) electrons. The Morgan fingerprint density at radius 1 is 1.33 bits per heavy atom. The lowest BCUT2D eigenvalue weighted by Gasteiger charge is -2.28. The minimum atomic E-state index is -1.44. The first-order chi connectivity index (χ1) is 7.10. The number of thioether (sulfide) groups is 1. The van der Waals surface area contributed by atoms with Crippen LogP contribution in [0, 0.1) is 5.41 Å². The average Bonchev–Trinajstić information content (AvgIpc) is 2.22. The van der Waals surface area contributed by atoms with Crippen LogP contribution >= 0.6 is 11.8 Å². The summed E-state index contributed by atoms with van der Waals surface area (Å²) in [6.45, 7) is 7.40. The van der Waals surface area contributed by atoms with E-state index in [1.54, 1.807) is 0 Å². The number of rotatable bonds is 8. The smallest absolute Gasteiger partial charge is 0.192 e. The van der Waals surface area contributed by atoms with Crippen LogP contribution in [0.5, 0.6) is 0 Å². The molecule has 0 aromatic heterocycles. The van der Waals surface area contributed by atoms with Crippen molar-refractivity contribution in [2.75, 3.05) is 12.4 Å². The summed E-state index contributed by atoms with van der Waals surface area (Å²) >= 11 is 1.44. The maximum atomic E-state index is 7.12. The van der Waals surface area contributed by atoms with Crippen LogP contribution in [0.2, 0.25) is 18.1 Å². The summed E-state index contributed by atoms with van der Waals surface area (Å²) in [6, 6.07) is 3.60. The number of nitrogens with one attached hydrogen (secondary N) is 1. The van der Waals surface area contributed by atoms with Gasteiger partial charge >= 0.3 is 0 Å².